The summed E-state index contributed by atoms with van der Waals surface area (Å²) < 4.78 is 32.2. The first-order valence-electron chi connectivity index (χ1n) is 6.20. The highest BCUT2D eigenvalue weighted by molar-refractivity contribution is 7.89. The molecule has 7 heteroatoms. The number of benzene rings is 1. The van der Waals surface area contributed by atoms with Crippen LogP contribution in [0.1, 0.15) is 11.4 Å². The first kappa shape index (κ1) is 14.5. The number of hydrogen-bond donors (Lipinski definition) is 2. The quantitative estimate of drug-likeness (QED) is 0.789. The number of sulfonamides is 1. The summed E-state index contributed by atoms with van der Waals surface area (Å²) >= 11 is 0. The monoisotopic (exact) mass is 295 g/mol. The Morgan fingerprint density at radius 2 is 1.95 bits per heavy atom. The van der Waals surface area contributed by atoms with Crippen LogP contribution in [-0.2, 0) is 10.0 Å². The van der Waals surface area contributed by atoms with Crippen molar-refractivity contribution >= 4 is 10.0 Å². The molecule has 0 atom stereocenters. The van der Waals surface area contributed by atoms with Gasteiger partial charge in [0.25, 0.3) is 0 Å². The topological polar surface area (TPSA) is 84.1 Å². The van der Waals surface area contributed by atoms with E-state index in [9.17, 15) is 8.42 Å². The number of para-hydroxylation sites is 1. The fourth-order valence-electron chi connectivity index (χ4n) is 1.87. The number of aromatic nitrogens is 2. The minimum atomic E-state index is -3.56. The highest BCUT2D eigenvalue weighted by Gasteiger charge is 2.21. The van der Waals surface area contributed by atoms with Gasteiger partial charge in [0.1, 0.15) is 17.3 Å². The summed E-state index contributed by atoms with van der Waals surface area (Å²) in [5.41, 5.74) is 0.984. The molecule has 0 bridgehead atoms. The fourth-order valence-corrected chi connectivity index (χ4v) is 3.25. The molecule has 0 aliphatic rings. The van der Waals surface area contributed by atoms with Crippen LogP contribution in [-0.4, -0.2) is 31.8 Å². The molecule has 0 fully saturated rings. The average Bonchev–Trinajstić information content (AvgIpc) is 2.76. The van der Waals surface area contributed by atoms with E-state index in [1.807, 2.05) is 30.3 Å². The number of aromatic amines is 1. The van der Waals surface area contributed by atoms with Gasteiger partial charge in [-0.3, -0.25) is 5.10 Å². The van der Waals surface area contributed by atoms with E-state index in [0.717, 1.165) is 0 Å². The van der Waals surface area contributed by atoms with Gasteiger partial charge >= 0.3 is 0 Å². The van der Waals surface area contributed by atoms with Gasteiger partial charge in [-0.1, -0.05) is 18.2 Å². The minimum absolute atomic E-state index is 0.196. The Bertz CT molecular complexity index is 646. The van der Waals surface area contributed by atoms with Gasteiger partial charge in [-0.25, -0.2) is 13.1 Å². The van der Waals surface area contributed by atoms with Gasteiger partial charge in [-0.05, 0) is 26.0 Å². The SMILES string of the molecule is Cc1n[nH]c(C)c1S(=O)(=O)NCCOc1ccccc1. The van der Waals surface area contributed by atoms with Crippen LogP contribution < -0.4 is 9.46 Å². The van der Waals surface area contributed by atoms with E-state index in [1.165, 1.54) is 0 Å². The van der Waals surface area contributed by atoms with E-state index in [0.29, 0.717) is 17.1 Å². The lowest BCUT2D eigenvalue weighted by molar-refractivity contribution is 0.323. The first-order chi connectivity index (χ1) is 9.50. The van der Waals surface area contributed by atoms with Crippen LogP contribution >= 0.6 is 0 Å². The van der Waals surface area contributed by atoms with Crippen LogP contribution in [0.2, 0.25) is 0 Å². The number of rotatable bonds is 6. The molecule has 2 N–H and O–H groups in total. The van der Waals surface area contributed by atoms with Gasteiger partial charge < -0.3 is 4.74 Å². The molecule has 1 heterocycles. The van der Waals surface area contributed by atoms with Gasteiger partial charge in [-0.15, -0.1) is 0 Å². The number of aryl methyl sites for hydroxylation is 2. The largest absolute Gasteiger partial charge is 0.492 e. The second-order valence-electron chi connectivity index (χ2n) is 4.32. The van der Waals surface area contributed by atoms with E-state index >= 15 is 0 Å². The van der Waals surface area contributed by atoms with Crippen molar-refractivity contribution in [3.05, 3.63) is 41.7 Å². The number of ether oxygens (including phenoxy) is 1. The molecule has 0 spiro atoms. The van der Waals surface area contributed by atoms with Gasteiger partial charge in [0.05, 0.1) is 11.4 Å². The summed E-state index contributed by atoms with van der Waals surface area (Å²) in [6.07, 6.45) is 0. The van der Waals surface area contributed by atoms with Crippen LogP contribution in [0.25, 0.3) is 0 Å². The Kier molecular flexibility index (Phi) is 4.41. The van der Waals surface area contributed by atoms with Crippen molar-refractivity contribution in [1.82, 2.24) is 14.9 Å². The maximum Gasteiger partial charge on any atom is 0.244 e. The highest BCUT2D eigenvalue weighted by atomic mass is 32.2. The number of nitrogens with zero attached hydrogens (tertiary/aromatic N) is 1. The van der Waals surface area contributed by atoms with E-state index in [-0.39, 0.29) is 18.0 Å². The van der Waals surface area contributed by atoms with E-state index in [2.05, 4.69) is 14.9 Å². The third kappa shape index (κ3) is 3.37. The summed E-state index contributed by atoms with van der Waals surface area (Å²) in [6, 6.07) is 9.24. The minimum Gasteiger partial charge on any atom is -0.492 e. The van der Waals surface area contributed by atoms with Crippen LogP contribution in [0.4, 0.5) is 0 Å². The van der Waals surface area contributed by atoms with Crippen molar-refractivity contribution in [2.45, 2.75) is 18.7 Å². The zero-order valence-corrected chi connectivity index (χ0v) is 12.2. The molecule has 2 aromatic rings. The van der Waals surface area contributed by atoms with Crippen LogP contribution in [0.15, 0.2) is 35.2 Å². The van der Waals surface area contributed by atoms with Crippen molar-refractivity contribution in [3.8, 4) is 5.75 Å². The van der Waals surface area contributed by atoms with Crippen molar-refractivity contribution in [3.63, 3.8) is 0 Å². The molecule has 1 aromatic carbocycles. The third-order valence-electron chi connectivity index (χ3n) is 2.74. The predicted octanol–water partition coefficient (Wildman–Crippen LogP) is 1.38. The molecule has 6 nitrogen and oxygen atoms in total. The number of hydrogen-bond acceptors (Lipinski definition) is 4. The summed E-state index contributed by atoms with van der Waals surface area (Å²) in [5, 5.41) is 6.54. The standard InChI is InChI=1S/C13H17N3O3S/c1-10-13(11(2)16-15-10)20(17,18)14-8-9-19-12-6-4-3-5-7-12/h3-7,14H,8-9H2,1-2H3,(H,15,16). The zero-order chi connectivity index (χ0) is 14.6. The van der Waals surface area contributed by atoms with Crippen LogP contribution in [0.5, 0.6) is 5.75 Å². The highest BCUT2D eigenvalue weighted by Crippen LogP contribution is 2.15. The molecule has 0 unspecified atom stereocenters. The summed E-state index contributed by atoms with van der Waals surface area (Å²) in [4.78, 5) is 0.206. The zero-order valence-electron chi connectivity index (χ0n) is 11.4. The molecule has 0 radical (unpaired) electrons. The van der Waals surface area contributed by atoms with Gasteiger partial charge in [0.2, 0.25) is 10.0 Å². The lowest BCUT2D eigenvalue weighted by Crippen LogP contribution is -2.29. The summed E-state index contributed by atoms with van der Waals surface area (Å²) in [6.45, 7) is 3.79. The Hall–Kier alpha value is -1.86. The molecule has 2 rings (SSSR count). The summed E-state index contributed by atoms with van der Waals surface area (Å²) in [7, 11) is -3.56. The fraction of sp³-hybridized carbons (Fsp3) is 0.308. The lowest BCUT2D eigenvalue weighted by atomic mass is 10.3. The van der Waals surface area contributed by atoms with Gasteiger partial charge in [0, 0.05) is 6.54 Å². The Balaban J connectivity index is 1.91. The number of H-pyrrole nitrogens is 1. The second kappa shape index (κ2) is 6.06. The maximum absolute atomic E-state index is 12.1. The van der Waals surface area contributed by atoms with Gasteiger partial charge in [0.15, 0.2) is 0 Å². The molecule has 20 heavy (non-hydrogen) atoms. The van der Waals surface area contributed by atoms with E-state index < -0.39 is 10.0 Å². The molecular formula is C13H17N3O3S. The van der Waals surface area contributed by atoms with Crippen molar-refractivity contribution in [1.29, 1.82) is 0 Å². The lowest BCUT2D eigenvalue weighted by Gasteiger charge is -2.08. The number of nitrogens with one attached hydrogen (secondary N) is 2. The first-order valence-corrected chi connectivity index (χ1v) is 7.68. The maximum atomic E-state index is 12.1. The predicted molar refractivity (Wildman–Crippen MR) is 75.2 cm³/mol. The van der Waals surface area contributed by atoms with Crippen molar-refractivity contribution < 1.29 is 13.2 Å². The normalized spacial score (nSPS) is 11.5. The van der Waals surface area contributed by atoms with Crippen LogP contribution in [0, 0.1) is 13.8 Å². The molecule has 0 saturated carbocycles. The Labute approximate surface area is 118 Å². The smallest absolute Gasteiger partial charge is 0.244 e. The summed E-state index contributed by atoms with van der Waals surface area (Å²) in [5.74, 6) is 0.711. The van der Waals surface area contributed by atoms with Crippen LogP contribution in [0.3, 0.4) is 0 Å². The Morgan fingerprint density at radius 3 is 2.55 bits per heavy atom. The molecule has 0 aliphatic heterocycles. The molecule has 0 amide bonds. The Morgan fingerprint density at radius 1 is 1.25 bits per heavy atom. The van der Waals surface area contributed by atoms with Crippen molar-refractivity contribution in [2.75, 3.05) is 13.2 Å². The third-order valence-corrected chi connectivity index (χ3v) is 4.46. The second-order valence-corrected chi connectivity index (χ2v) is 6.03. The van der Waals surface area contributed by atoms with E-state index in [4.69, 9.17) is 4.74 Å². The molecule has 0 aliphatic carbocycles. The van der Waals surface area contributed by atoms with Crippen molar-refractivity contribution in [2.24, 2.45) is 0 Å². The average molecular weight is 295 g/mol. The van der Waals surface area contributed by atoms with Gasteiger partial charge in [-0.2, -0.15) is 5.10 Å². The molecular weight excluding hydrogens is 278 g/mol. The molecule has 108 valence electrons. The molecule has 0 saturated heterocycles. The molecule has 1 aromatic heterocycles. The van der Waals surface area contributed by atoms with E-state index in [1.54, 1.807) is 13.8 Å².